The molecule has 177 valence electrons. The SMILES string of the molecule is CC(C)C[C@H](N)O[B]O.N[C@@H](Cc1cccc2ccccc12)C(=O)O.O=C(O)C(F)(F)F. The lowest BCUT2D eigenvalue weighted by molar-refractivity contribution is -0.192. The zero-order chi connectivity index (χ0) is 24.9. The number of carbonyl (C=O) groups is 2. The molecule has 0 bridgehead atoms. The first-order valence-corrected chi connectivity index (χ1v) is 9.41. The highest BCUT2D eigenvalue weighted by Crippen LogP contribution is 2.19. The van der Waals surface area contributed by atoms with Gasteiger partial charge in [-0.15, -0.1) is 0 Å². The van der Waals surface area contributed by atoms with Crippen LogP contribution in [0.1, 0.15) is 25.8 Å². The van der Waals surface area contributed by atoms with Crippen molar-refractivity contribution in [1.82, 2.24) is 0 Å². The smallest absolute Gasteiger partial charge is 0.480 e. The molecule has 0 amide bonds. The third kappa shape index (κ3) is 12.3. The van der Waals surface area contributed by atoms with Crippen molar-refractivity contribution < 1.29 is 42.7 Å². The lowest BCUT2D eigenvalue weighted by Crippen LogP contribution is -2.32. The van der Waals surface area contributed by atoms with E-state index in [9.17, 15) is 18.0 Å². The molecule has 0 aliphatic heterocycles. The van der Waals surface area contributed by atoms with Gasteiger partial charge in [0, 0.05) is 0 Å². The molecule has 0 aliphatic rings. The number of rotatable bonds is 7. The second kappa shape index (κ2) is 14.4. The van der Waals surface area contributed by atoms with Crippen LogP contribution in [0.3, 0.4) is 0 Å². The van der Waals surface area contributed by atoms with Gasteiger partial charge in [-0.1, -0.05) is 56.3 Å². The van der Waals surface area contributed by atoms with Gasteiger partial charge in [0.1, 0.15) is 6.04 Å². The Labute approximate surface area is 184 Å². The second-order valence-corrected chi connectivity index (χ2v) is 7.00. The first-order chi connectivity index (χ1) is 14.8. The van der Waals surface area contributed by atoms with E-state index in [0.29, 0.717) is 20.0 Å². The van der Waals surface area contributed by atoms with E-state index in [2.05, 4.69) is 4.65 Å². The fourth-order valence-corrected chi connectivity index (χ4v) is 2.39. The van der Waals surface area contributed by atoms with E-state index < -0.39 is 24.2 Å². The lowest BCUT2D eigenvalue weighted by Gasteiger charge is -2.12. The predicted molar refractivity (Wildman–Crippen MR) is 113 cm³/mol. The fourth-order valence-electron chi connectivity index (χ4n) is 2.39. The van der Waals surface area contributed by atoms with E-state index in [0.717, 1.165) is 22.8 Å². The summed E-state index contributed by atoms with van der Waals surface area (Å²) in [6, 6.07) is 12.9. The topological polar surface area (TPSA) is 156 Å². The van der Waals surface area contributed by atoms with Crippen LogP contribution in [-0.4, -0.2) is 53.3 Å². The molecule has 0 heterocycles. The zero-order valence-corrected chi connectivity index (χ0v) is 17.6. The van der Waals surface area contributed by atoms with Crippen molar-refractivity contribution in [1.29, 1.82) is 0 Å². The monoisotopic (exact) mass is 459 g/mol. The van der Waals surface area contributed by atoms with Gasteiger partial charge in [-0.25, -0.2) is 4.79 Å². The third-order valence-electron chi connectivity index (χ3n) is 3.82. The van der Waals surface area contributed by atoms with Crippen molar-refractivity contribution in [3.05, 3.63) is 48.0 Å². The Morgan fingerprint density at radius 1 is 1.06 bits per heavy atom. The number of nitrogens with two attached hydrogens (primary N) is 2. The van der Waals surface area contributed by atoms with E-state index >= 15 is 0 Å². The molecule has 8 nitrogen and oxygen atoms in total. The summed E-state index contributed by atoms with van der Waals surface area (Å²) in [5.41, 5.74) is 11.9. The van der Waals surface area contributed by atoms with Gasteiger partial charge in [0.25, 0.3) is 0 Å². The number of hydrogen-bond acceptors (Lipinski definition) is 6. The Balaban J connectivity index is 0.000000512. The van der Waals surface area contributed by atoms with Crippen molar-refractivity contribution >= 4 is 30.4 Å². The minimum absolute atomic E-state index is 0.358. The maximum atomic E-state index is 10.7. The van der Waals surface area contributed by atoms with Gasteiger partial charge < -0.3 is 31.4 Å². The molecule has 0 aliphatic carbocycles. The second-order valence-electron chi connectivity index (χ2n) is 7.00. The van der Waals surface area contributed by atoms with Crippen LogP contribution >= 0.6 is 0 Å². The third-order valence-corrected chi connectivity index (χ3v) is 3.82. The number of aliphatic carboxylic acids is 2. The summed E-state index contributed by atoms with van der Waals surface area (Å²) in [4.78, 5) is 19.6. The summed E-state index contributed by atoms with van der Waals surface area (Å²) in [7, 11) is 0.632. The average Bonchev–Trinajstić information content (AvgIpc) is 2.68. The summed E-state index contributed by atoms with van der Waals surface area (Å²) in [6.07, 6.45) is -4.33. The van der Waals surface area contributed by atoms with Gasteiger partial charge in [0.15, 0.2) is 0 Å². The molecule has 2 atom stereocenters. The first kappa shape index (κ1) is 29.3. The van der Waals surface area contributed by atoms with E-state index in [1.807, 2.05) is 56.3 Å². The molecule has 0 aromatic heterocycles. The molecule has 0 saturated heterocycles. The van der Waals surface area contributed by atoms with E-state index in [1.54, 1.807) is 0 Å². The highest BCUT2D eigenvalue weighted by molar-refractivity contribution is 6.15. The molecule has 2 rings (SSSR count). The normalized spacial score (nSPS) is 12.7. The number of alkyl halides is 3. The highest BCUT2D eigenvalue weighted by atomic mass is 19.4. The maximum absolute atomic E-state index is 10.7. The minimum atomic E-state index is -5.08. The average molecular weight is 459 g/mol. The standard InChI is InChI=1S/C13H13NO2.C5H13BNO2.C2HF3O2/c14-12(13(15)16)8-10-6-3-5-9-4-1-2-7-11(9)10;1-4(2)3-5(7)9-6-8;3-2(4,5)1(6)7/h1-7,12H,8,14H2,(H,15,16);4-5,8H,3,7H2,1-2H3;(H,6,7)/t12-;5-;/m01./s1. The van der Waals surface area contributed by atoms with Crippen LogP contribution in [0.25, 0.3) is 10.8 Å². The van der Waals surface area contributed by atoms with Crippen LogP contribution in [-0.2, 0) is 20.7 Å². The number of carboxylic acid groups (broad SMARTS) is 2. The van der Waals surface area contributed by atoms with Gasteiger partial charge in [-0.2, -0.15) is 13.2 Å². The van der Waals surface area contributed by atoms with Crippen LogP contribution < -0.4 is 11.5 Å². The lowest BCUT2D eigenvalue weighted by atomic mass is 9.99. The minimum Gasteiger partial charge on any atom is -0.480 e. The predicted octanol–water partition coefficient (Wildman–Crippen LogP) is 2.29. The van der Waals surface area contributed by atoms with Gasteiger partial charge in [-0.05, 0) is 35.1 Å². The molecular weight excluding hydrogens is 432 g/mol. The van der Waals surface area contributed by atoms with Crippen molar-refractivity contribution in [2.24, 2.45) is 17.4 Å². The van der Waals surface area contributed by atoms with Crippen LogP contribution in [0, 0.1) is 5.92 Å². The molecule has 12 heteroatoms. The van der Waals surface area contributed by atoms with Gasteiger partial charge in [0.05, 0.1) is 6.23 Å². The molecule has 0 spiro atoms. The largest absolute Gasteiger partial charge is 0.490 e. The molecule has 2 aromatic rings. The summed E-state index contributed by atoms with van der Waals surface area (Å²) < 4.78 is 36.3. The Morgan fingerprint density at radius 2 is 1.59 bits per heavy atom. The summed E-state index contributed by atoms with van der Waals surface area (Å²) in [5.74, 6) is -3.22. The van der Waals surface area contributed by atoms with Crippen molar-refractivity contribution in [3.63, 3.8) is 0 Å². The Kier molecular flexibility index (Phi) is 13.2. The van der Waals surface area contributed by atoms with E-state index in [-0.39, 0.29) is 6.23 Å². The molecule has 2 aromatic carbocycles. The van der Waals surface area contributed by atoms with Gasteiger partial charge in [0.2, 0.25) is 0 Å². The Hall–Kier alpha value is -2.67. The number of hydrogen-bond donors (Lipinski definition) is 5. The number of halogens is 3. The molecule has 32 heavy (non-hydrogen) atoms. The summed E-state index contributed by atoms with van der Waals surface area (Å²) in [6.45, 7) is 4.08. The molecule has 0 fully saturated rings. The summed E-state index contributed by atoms with van der Waals surface area (Å²) >= 11 is 0. The quantitative estimate of drug-likeness (QED) is 0.312. The van der Waals surface area contributed by atoms with Crippen molar-refractivity contribution in [2.75, 3.05) is 0 Å². The number of benzene rings is 2. The van der Waals surface area contributed by atoms with Crippen LogP contribution in [0.4, 0.5) is 13.2 Å². The van der Waals surface area contributed by atoms with Gasteiger partial charge >= 0.3 is 25.8 Å². The number of fused-ring (bicyclic) bond motifs is 1. The number of carboxylic acids is 2. The highest BCUT2D eigenvalue weighted by Gasteiger charge is 2.38. The van der Waals surface area contributed by atoms with E-state index in [4.69, 9.17) is 31.5 Å². The molecule has 1 radical (unpaired) electrons. The zero-order valence-electron chi connectivity index (χ0n) is 17.6. The summed E-state index contributed by atoms with van der Waals surface area (Å²) in [5, 5.41) is 26.2. The van der Waals surface area contributed by atoms with E-state index in [1.165, 1.54) is 0 Å². The Morgan fingerprint density at radius 3 is 2.06 bits per heavy atom. The van der Waals surface area contributed by atoms with Crippen LogP contribution in [0.5, 0.6) is 0 Å². The van der Waals surface area contributed by atoms with Gasteiger partial charge in [-0.3, -0.25) is 4.79 Å². The first-order valence-electron chi connectivity index (χ1n) is 9.41. The fraction of sp³-hybridized carbons (Fsp3) is 0.400. The van der Waals surface area contributed by atoms with Crippen molar-refractivity contribution in [3.8, 4) is 0 Å². The van der Waals surface area contributed by atoms with Crippen LogP contribution in [0.15, 0.2) is 42.5 Å². The molecular formula is C20H27BF3N2O6. The molecule has 0 saturated carbocycles. The Bertz CT molecular complexity index is 846. The molecule has 0 unspecified atom stereocenters. The molecule has 7 N–H and O–H groups in total. The van der Waals surface area contributed by atoms with Crippen molar-refractivity contribution in [2.45, 2.75) is 45.1 Å². The maximum Gasteiger partial charge on any atom is 0.490 e. The van der Waals surface area contributed by atoms with Crippen LogP contribution in [0.2, 0.25) is 0 Å².